The number of nitrogens with zero attached hydrogens (tertiary/aromatic N) is 3. The summed E-state index contributed by atoms with van der Waals surface area (Å²) in [5, 5.41) is 0. The van der Waals surface area contributed by atoms with Gasteiger partial charge in [-0.3, -0.25) is 9.69 Å². The smallest absolute Gasteiger partial charge is 0.238 e. The number of aromatic amines is 1. The average Bonchev–Trinajstić information content (AvgIpc) is 3.12. The molecular weight excluding hydrogens is 276 g/mol. The number of nitrogens with one attached hydrogen (secondary N) is 1. The lowest BCUT2D eigenvalue weighted by molar-refractivity contribution is -0.125. The monoisotopic (exact) mass is 296 g/mol. The number of fused-ring (bicyclic) bond motifs is 2. The second-order valence-electron chi connectivity index (χ2n) is 6.31. The zero-order valence-corrected chi connectivity index (χ0v) is 12.7. The highest BCUT2D eigenvalue weighted by Crippen LogP contribution is 2.46. The summed E-state index contributed by atoms with van der Waals surface area (Å²) in [4.78, 5) is 24.6. The molecule has 3 heterocycles. The number of likely N-dealkylation sites (tertiary alicyclic amines) is 1. The van der Waals surface area contributed by atoms with Crippen molar-refractivity contribution in [1.29, 1.82) is 0 Å². The highest BCUT2D eigenvalue weighted by Gasteiger charge is 2.51. The Labute approximate surface area is 130 Å². The lowest BCUT2D eigenvalue weighted by Crippen LogP contribution is -2.51. The van der Waals surface area contributed by atoms with Crippen molar-refractivity contribution in [2.24, 2.45) is 0 Å². The third-order valence-corrected chi connectivity index (χ3v) is 4.99. The molecule has 1 amide bonds. The van der Waals surface area contributed by atoms with E-state index >= 15 is 0 Å². The van der Waals surface area contributed by atoms with Crippen molar-refractivity contribution in [2.45, 2.75) is 24.8 Å². The van der Waals surface area contributed by atoms with E-state index < -0.39 is 0 Å². The number of carbonyl (C=O) groups excluding carboxylic acids is 1. The molecule has 1 aromatic carbocycles. The number of hydrogen-bond donors (Lipinski definition) is 1. The summed E-state index contributed by atoms with van der Waals surface area (Å²) < 4.78 is 0. The SMILES string of the molecule is CN1C(=O)[C@]2(CCCN(Cc3ncc[nH]3)C2)c2ccccc21. The van der Waals surface area contributed by atoms with Crippen LogP contribution in [0.25, 0.3) is 0 Å². The average molecular weight is 296 g/mol. The van der Waals surface area contributed by atoms with Crippen LogP contribution in [0.4, 0.5) is 5.69 Å². The fourth-order valence-electron chi connectivity index (χ4n) is 3.99. The van der Waals surface area contributed by atoms with E-state index in [2.05, 4.69) is 20.9 Å². The van der Waals surface area contributed by atoms with Crippen LogP contribution in [0.3, 0.4) is 0 Å². The molecule has 1 N–H and O–H groups in total. The van der Waals surface area contributed by atoms with Gasteiger partial charge in [0.15, 0.2) is 0 Å². The third-order valence-electron chi connectivity index (χ3n) is 4.99. The number of imidazole rings is 1. The Morgan fingerprint density at radius 2 is 2.23 bits per heavy atom. The third kappa shape index (κ3) is 1.89. The van der Waals surface area contributed by atoms with Gasteiger partial charge in [-0.15, -0.1) is 0 Å². The molecule has 5 heteroatoms. The molecule has 0 aliphatic carbocycles. The first kappa shape index (κ1) is 13.5. The summed E-state index contributed by atoms with van der Waals surface area (Å²) in [6.07, 6.45) is 5.59. The van der Waals surface area contributed by atoms with Gasteiger partial charge < -0.3 is 9.88 Å². The number of hydrogen-bond acceptors (Lipinski definition) is 3. The predicted molar refractivity (Wildman–Crippen MR) is 84.6 cm³/mol. The summed E-state index contributed by atoms with van der Waals surface area (Å²) in [7, 11) is 1.89. The second kappa shape index (κ2) is 4.95. The minimum absolute atomic E-state index is 0.234. The van der Waals surface area contributed by atoms with Crippen molar-refractivity contribution in [1.82, 2.24) is 14.9 Å². The lowest BCUT2D eigenvalue weighted by atomic mass is 9.75. The maximum atomic E-state index is 13.0. The van der Waals surface area contributed by atoms with Crippen LogP contribution in [0, 0.1) is 0 Å². The molecule has 2 aliphatic heterocycles. The molecule has 2 aromatic rings. The van der Waals surface area contributed by atoms with Crippen molar-refractivity contribution in [3.05, 3.63) is 48.0 Å². The van der Waals surface area contributed by atoms with Gasteiger partial charge >= 0.3 is 0 Å². The number of para-hydroxylation sites is 1. The van der Waals surface area contributed by atoms with Gasteiger partial charge in [0.05, 0.1) is 12.0 Å². The normalized spacial score (nSPS) is 25.0. The Kier molecular flexibility index (Phi) is 3.04. The Morgan fingerprint density at radius 1 is 1.36 bits per heavy atom. The van der Waals surface area contributed by atoms with Crippen molar-refractivity contribution < 1.29 is 4.79 Å². The molecule has 5 nitrogen and oxygen atoms in total. The summed E-state index contributed by atoms with van der Waals surface area (Å²) in [5.74, 6) is 1.20. The number of anilines is 1. The molecular formula is C17H20N4O. The zero-order chi connectivity index (χ0) is 15.2. The molecule has 1 aromatic heterocycles. The minimum atomic E-state index is -0.379. The molecule has 1 spiro atoms. The molecule has 0 unspecified atom stereocenters. The first-order chi connectivity index (χ1) is 10.7. The summed E-state index contributed by atoms with van der Waals surface area (Å²) in [6.45, 7) is 2.56. The maximum absolute atomic E-state index is 13.0. The quantitative estimate of drug-likeness (QED) is 0.921. The van der Waals surface area contributed by atoms with Gasteiger partial charge in [-0.25, -0.2) is 4.98 Å². The Morgan fingerprint density at radius 3 is 3.05 bits per heavy atom. The molecule has 4 rings (SSSR count). The highest BCUT2D eigenvalue weighted by atomic mass is 16.2. The topological polar surface area (TPSA) is 52.2 Å². The molecule has 1 atom stereocenters. The predicted octanol–water partition coefficient (Wildman–Crippen LogP) is 1.92. The largest absolute Gasteiger partial charge is 0.348 e. The molecule has 114 valence electrons. The number of piperidine rings is 1. The van der Waals surface area contributed by atoms with Gasteiger partial charge in [0.1, 0.15) is 5.82 Å². The molecule has 1 saturated heterocycles. The van der Waals surface area contributed by atoms with Crippen LogP contribution in [0.1, 0.15) is 24.2 Å². The van der Waals surface area contributed by atoms with E-state index in [1.165, 1.54) is 5.56 Å². The molecule has 0 saturated carbocycles. The number of carbonyl (C=O) groups is 1. The van der Waals surface area contributed by atoms with Gasteiger partial charge in [0.25, 0.3) is 0 Å². The van der Waals surface area contributed by atoms with Gasteiger partial charge in [-0.05, 0) is 31.0 Å². The van der Waals surface area contributed by atoms with Crippen molar-refractivity contribution in [3.63, 3.8) is 0 Å². The Bertz CT molecular complexity index is 696. The fraction of sp³-hybridized carbons (Fsp3) is 0.412. The number of likely N-dealkylation sites (N-methyl/N-ethyl adjacent to an activating group) is 1. The van der Waals surface area contributed by atoms with Crippen molar-refractivity contribution in [2.75, 3.05) is 25.0 Å². The highest BCUT2D eigenvalue weighted by molar-refractivity contribution is 6.08. The van der Waals surface area contributed by atoms with Gasteiger partial charge in [0.2, 0.25) is 5.91 Å². The second-order valence-corrected chi connectivity index (χ2v) is 6.31. The van der Waals surface area contributed by atoms with E-state index in [-0.39, 0.29) is 11.3 Å². The van der Waals surface area contributed by atoms with E-state index in [1.54, 1.807) is 6.20 Å². The number of benzene rings is 1. The molecule has 0 radical (unpaired) electrons. The van der Waals surface area contributed by atoms with Crippen molar-refractivity contribution >= 4 is 11.6 Å². The zero-order valence-electron chi connectivity index (χ0n) is 12.7. The molecule has 1 fully saturated rings. The summed E-state index contributed by atoms with van der Waals surface area (Å²) in [6, 6.07) is 8.21. The van der Waals surface area contributed by atoms with Crippen LogP contribution >= 0.6 is 0 Å². The van der Waals surface area contributed by atoms with Gasteiger partial charge in [-0.1, -0.05) is 18.2 Å². The van der Waals surface area contributed by atoms with Crippen LogP contribution < -0.4 is 4.90 Å². The van der Waals surface area contributed by atoms with Crippen LogP contribution in [0.15, 0.2) is 36.7 Å². The van der Waals surface area contributed by atoms with Crippen LogP contribution in [-0.2, 0) is 16.8 Å². The van der Waals surface area contributed by atoms with Gasteiger partial charge in [-0.2, -0.15) is 0 Å². The number of amides is 1. The van der Waals surface area contributed by atoms with E-state index in [0.29, 0.717) is 0 Å². The first-order valence-electron chi connectivity index (χ1n) is 7.79. The summed E-state index contributed by atoms with van der Waals surface area (Å²) >= 11 is 0. The number of H-pyrrole nitrogens is 1. The number of aromatic nitrogens is 2. The molecule has 2 aliphatic rings. The standard InChI is InChI=1S/C17H20N4O/c1-20-14-6-3-2-5-13(14)17(16(20)22)7-4-10-21(12-17)11-15-18-8-9-19-15/h2-3,5-6,8-9H,4,7,10-12H2,1H3,(H,18,19)/t17-/m0/s1. The van der Waals surface area contributed by atoms with E-state index in [4.69, 9.17) is 0 Å². The maximum Gasteiger partial charge on any atom is 0.238 e. The van der Waals surface area contributed by atoms with Crippen LogP contribution in [0.5, 0.6) is 0 Å². The van der Waals surface area contributed by atoms with E-state index in [9.17, 15) is 4.79 Å². The minimum Gasteiger partial charge on any atom is -0.348 e. The fourth-order valence-corrected chi connectivity index (χ4v) is 3.99. The number of rotatable bonds is 2. The lowest BCUT2D eigenvalue weighted by Gasteiger charge is -2.39. The Hall–Kier alpha value is -2.14. The molecule has 22 heavy (non-hydrogen) atoms. The van der Waals surface area contributed by atoms with E-state index in [0.717, 1.165) is 44.0 Å². The molecule has 0 bridgehead atoms. The first-order valence-corrected chi connectivity index (χ1v) is 7.79. The Balaban J connectivity index is 1.67. The van der Waals surface area contributed by atoms with Crippen molar-refractivity contribution in [3.8, 4) is 0 Å². The van der Waals surface area contributed by atoms with Crippen LogP contribution in [-0.4, -0.2) is 40.9 Å². The van der Waals surface area contributed by atoms with E-state index in [1.807, 2.05) is 36.3 Å². The summed E-state index contributed by atoms with van der Waals surface area (Å²) in [5.41, 5.74) is 1.87. The van der Waals surface area contributed by atoms with Crippen LogP contribution in [0.2, 0.25) is 0 Å². The van der Waals surface area contributed by atoms with Gasteiger partial charge in [0, 0.05) is 31.7 Å².